The summed E-state index contributed by atoms with van der Waals surface area (Å²) in [5.41, 5.74) is -0.430. The van der Waals surface area contributed by atoms with Crippen LogP contribution in [0, 0.1) is 0 Å². The smallest absolute Gasteiger partial charge is 0.317 e. The first kappa shape index (κ1) is 18.5. The van der Waals surface area contributed by atoms with Gasteiger partial charge in [-0.15, -0.1) is 0 Å². The molecule has 0 aromatic rings. The molecule has 0 aromatic heterocycles. The monoisotopic (exact) mass is 352 g/mol. The molecule has 0 bridgehead atoms. The summed E-state index contributed by atoms with van der Waals surface area (Å²) in [4.78, 5) is 30.5. The minimum absolute atomic E-state index is 0.0154. The molecule has 7 nitrogen and oxygen atoms in total. The van der Waals surface area contributed by atoms with Crippen molar-refractivity contribution in [3.8, 4) is 0 Å². The van der Waals surface area contributed by atoms with Gasteiger partial charge in [0, 0.05) is 51.7 Å². The minimum Gasteiger partial charge on any atom is -0.394 e. The van der Waals surface area contributed by atoms with Crippen molar-refractivity contribution in [2.45, 2.75) is 63.6 Å². The number of fused-ring (bicyclic) bond motifs is 1. The van der Waals surface area contributed by atoms with Gasteiger partial charge in [0.1, 0.15) is 0 Å². The van der Waals surface area contributed by atoms with Crippen LogP contribution in [0.15, 0.2) is 0 Å². The summed E-state index contributed by atoms with van der Waals surface area (Å²) >= 11 is 0. The molecule has 2 N–H and O–H groups in total. The summed E-state index contributed by atoms with van der Waals surface area (Å²) in [6, 6.07) is 0.417. The normalized spacial score (nSPS) is 31.6. The fourth-order valence-electron chi connectivity index (χ4n) is 4.62. The number of urea groups is 1. The van der Waals surface area contributed by atoms with Gasteiger partial charge in [-0.2, -0.15) is 0 Å². The number of hydrogen-bond donors (Lipinski definition) is 2. The molecule has 2 heterocycles. The Bertz CT molecular complexity index is 509. The number of hydrogen-bond acceptors (Lipinski definition) is 4. The van der Waals surface area contributed by atoms with Crippen LogP contribution in [-0.4, -0.2) is 88.7 Å². The third-order valence-electron chi connectivity index (χ3n) is 6.14. The summed E-state index contributed by atoms with van der Waals surface area (Å²) in [6.45, 7) is 6.79. The van der Waals surface area contributed by atoms with Gasteiger partial charge >= 0.3 is 6.03 Å². The van der Waals surface area contributed by atoms with E-state index in [1.165, 1.54) is 19.3 Å². The second kappa shape index (κ2) is 7.50. The average Bonchev–Trinajstić information content (AvgIpc) is 2.62. The maximum atomic E-state index is 12.7. The molecule has 2 saturated heterocycles. The van der Waals surface area contributed by atoms with E-state index in [1.54, 1.807) is 11.8 Å². The number of rotatable bonds is 2. The van der Waals surface area contributed by atoms with E-state index in [0.29, 0.717) is 32.2 Å². The van der Waals surface area contributed by atoms with Gasteiger partial charge in [0.25, 0.3) is 0 Å². The lowest BCUT2D eigenvalue weighted by molar-refractivity contribution is -0.142. The number of aliphatic hydroxyl groups excluding tert-OH is 1. The van der Waals surface area contributed by atoms with Crippen LogP contribution in [0.5, 0.6) is 0 Å². The summed E-state index contributed by atoms with van der Waals surface area (Å²) < 4.78 is 0. The predicted molar refractivity (Wildman–Crippen MR) is 95.2 cm³/mol. The van der Waals surface area contributed by atoms with E-state index in [9.17, 15) is 14.7 Å². The van der Waals surface area contributed by atoms with Crippen LogP contribution in [0.3, 0.4) is 0 Å². The van der Waals surface area contributed by atoms with Crippen molar-refractivity contribution in [2.75, 3.05) is 39.3 Å². The third-order valence-corrected chi connectivity index (χ3v) is 6.14. The van der Waals surface area contributed by atoms with Crippen molar-refractivity contribution >= 4 is 11.9 Å². The molecular formula is C18H32N4O3. The van der Waals surface area contributed by atoms with E-state index >= 15 is 0 Å². The van der Waals surface area contributed by atoms with Crippen LogP contribution in [-0.2, 0) is 4.79 Å². The van der Waals surface area contributed by atoms with E-state index < -0.39 is 5.54 Å². The Balaban J connectivity index is 1.64. The van der Waals surface area contributed by atoms with Crippen LogP contribution in [0.1, 0.15) is 46.0 Å². The quantitative estimate of drug-likeness (QED) is 0.764. The summed E-state index contributed by atoms with van der Waals surface area (Å²) in [7, 11) is 0. The Kier molecular flexibility index (Phi) is 5.53. The van der Waals surface area contributed by atoms with E-state index in [1.807, 2.05) is 11.8 Å². The van der Waals surface area contributed by atoms with Crippen molar-refractivity contribution in [3.05, 3.63) is 0 Å². The van der Waals surface area contributed by atoms with Gasteiger partial charge < -0.3 is 20.2 Å². The molecule has 2 aliphatic heterocycles. The number of nitrogens with zero attached hydrogens (tertiary/aromatic N) is 3. The number of piperazine rings is 2. The molecule has 3 fully saturated rings. The summed E-state index contributed by atoms with van der Waals surface area (Å²) in [5, 5.41) is 13.1. The molecule has 1 aliphatic carbocycles. The molecular weight excluding hydrogens is 320 g/mol. The molecule has 0 spiro atoms. The van der Waals surface area contributed by atoms with Gasteiger partial charge in [-0.05, 0) is 19.8 Å². The SMILES string of the molecule is CC(=O)N1CC2CN(C(=O)NC3CCCCC3)CCN2C(C)(CO)C1. The third kappa shape index (κ3) is 3.92. The zero-order chi connectivity index (χ0) is 18.0. The molecule has 25 heavy (non-hydrogen) atoms. The number of nitrogens with one attached hydrogen (secondary N) is 1. The Morgan fingerprint density at radius 1 is 1.12 bits per heavy atom. The maximum absolute atomic E-state index is 12.7. The van der Waals surface area contributed by atoms with Crippen molar-refractivity contribution in [1.82, 2.24) is 20.0 Å². The van der Waals surface area contributed by atoms with Crippen LogP contribution in [0.2, 0.25) is 0 Å². The van der Waals surface area contributed by atoms with Crippen LogP contribution in [0.4, 0.5) is 4.79 Å². The van der Waals surface area contributed by atoms with E-state index in [4.69, 9.17) is 0 Å². The molecule has 7 heteroatoms. The Hall–Kier alpha value is -1.34. The lowest BCUT2D eigenvalue weighted by Gasteiger charge is -2.56. The first-order valence-corrected chi connectivity index (χ1v) is 9.61. The zero-order valence-corrected chi connectivity index (χ0v) is 15.5. The standard InChI is InChI=1S/C18H32N4O3/c1-14(24)21-11-16-10-20(8-9-22(16)18(2,12-21)13-23)17(25)19-15-6-4-3-5-7-15/h15-16,23H,3-13H2,1-2H3,(H,19,25). The van der Waals surface area contributed by atoms with Crippen LogP contribution < -0.4 is 5.32 Å². The van der Waals surface area contributed by atoms with Gasteiger partial charge in [0.2, 0.25) is 5.91 Å². The van der Waals surface area contributed by atoms with Gasteiger partial charge in [-0.3, -0.25) is 9.69 Å². The fraction of sp³-hybridized carbons (Fsp3) is 0.889. The highest BCUT2D eigenvalue weighted by Gasteiger charge is 2.46. The van der Waals surface area contributed by atoms with E-state index in [-0.39, 0.29) is 24.6 Å². The fourth-order valence-corrected chi connectivity index (χ4v) is 4.62. The number of amides is 3. The summed E-state index contributed by atoms with van der Waals surface area (Å²) in [6.07, 6.45) is 5.83. The van der Waals surface area contributed by atoms with Gasteiger partial charge in [-0.25, -0.2) is 4.79 Å². The van der Waals surface area contributed by atoms with Crippen molar-refractivity contribution < 1.29 is 14.7 Å². The molecule has 0 aromatic carbocycles. The molecule has 3 rings (SSSR count). The molecule has 1 saturated carbocycles. The molecule has 2 unspecified atom stereocenters. The van der Waals surface area contributed by atoms with Crippen LogP contribution in [0.25, 0.3) is 0 Å². The number of aliphatic hydroxyl groups is 1. The summed E-state index contributed by atoms with van der Waals surface area (Å²) in [5.74, 6) is 0.0307. The van der Waals surface area contributed by atoms with E-state index in [0.717, 1.165) is 19.4 Å². The van der Waals surface area contributed by atoms with Gasteiger partial charge in [0.05, 0.1) is 12.1 Å². The predicted octanol–water partition coefficient (Wildman–Crippen LogP) is 0.628. The Labute approximate surface area is 150 Å². The second-order valence-corrected chi connectivity index (χ2v) is 8.13. The van der Waals surface area contributed by atoms with Crippen molar-refractivity contribution in [1.29, 1.82) is 0 Å². The van der Waals surface area contributed by atoms with Crippen LogP contribution >= 0.6 is 0 Å². The zero-order valence-electron chi connectivity index (χ0n) is 15.5. The number of carbonyl (C=O) groups is 2. The highest BCUT2D eigenvalue weighted by molar-refractivity contribution is 5.75. The molecule has 3 amide bonds. The molecule has 3 aliphatic rings. The first-order valence-electron chi connectivity index (χ1n) is 9.61. The van der Waals surface area contributed by atoms with E-state index in [2.05, 4.69) is 10.2 Å². The average molecular weight is 352 g/mol. The maximum Gasteiger partial charge on any atom is 0.317 e. The lowest BCUT2D eigenvalue weighted by Crippen LogP contribution is -2.73. The molecule has 142 valence electrons. The second-order valence-electron chi connectivity index (χ2n) is 8.13. The first-order chi connectivity index (χ1) is 11.9. The highest BCUT2D eigenvalue weighted by Crippen LogP contribution is 2.28. The van der Waals surface area contributed by atoms with Crippen molar-refractivity contribution in [2.24, 2.45) is 0 Å². The topological polar surface area (TPSA) is 76.1 Å². The minimum atomic E-state index is -0.430. The van der Waals surface area contributed by atoms with Gasteiger partial charge in [0.15, 0.2) is 0 Å². The largest absolute Gasteiger partial charge is 0.394 e. The lowest BCUT2D eigenvalue weighted by atomic mass is 9.91. The molecule has 2 atom stereocenters. The molecule has 0 radical (unpaired) electrons. The van der Waals surface area contributed by atoms with Crippen molar-refractivity contribution in [3.63, 3.8) is 0 Å². The number of carbonyl (C=O) groups excluding carboxylic acids is 2. The Morgan fingerprint density at radius 3 is 2.44 bits per heavy atom. The highest BCUT2D eigenvalue weighted by atomic mass is 16.3. The Morgan fingerprint density at radius 2 is 1.80 bits per heavy atom. The van der Waals surface area contributed by atoms with Gasteiger partial charge in [-0.1, -0.05) is 19.3 Å².